The van der Waals surface area contributed by atoms with Crippen LogP contribution in [0.2, 0.25) is 0 Å². The van der Waals surface area contributed by atoms with Crippen molar-refractivity contribution in [1.29, 1.82) is 0 Å². The van der Waals surface area contributed by atoms with Gasteiger partial charge in [0.15, 0.2) is 0 Å². The maximum absolute atomic E-state index is 11.1. The third-order valence-electron chi connectivity index (χ3n) is 3.18. The van der Waals surface area contributed by atoms with E-state index >= 15 is 0 Å². The standard InChI is InChI=1S/C16H18N2O3/c1-9(2)11-5-4-10(3)8-13(11)21-15-14(17)12(16(19)20)6-7-18-15/h4-9H,17H2,1-3H3,(H,19,20). The minimum atomic E-state index is -1.10. The monoisotopic (exact) mass is 286 g/mol. The molecule has 2 aromatic rings. The number of nitrogen functional groups attached to an aromatic ring is 1. The van der Waals surface area contributed by atoms with Gasteiger partial charge in [0.05, 0.1) is 5.56 Å². The molecule has 0 unspecified atom stereocenters. The lowest BCUT2D eigenvalue weighted by atomic mass is 10.0. The quantitative estimate of drug-likeness (QED) is 0.897. The molecule has 1 heterocycles. The van der Waals surface area contributed by atoms with Crippen LogP contribution in [0.5, 0.6) is 11.6 Å². The SMILES string of the molecule is Cc1ccc(C(C)C)c(Oc2nccc(C(=O)O)c2N)c1. The summed E-state index contributed by atoms with van der Waals surface area (Å²) in [4.78, 5) is 15.1. The first-order chi connectivity index (χ1) is 9.90. The molecule has 0 fully saturated rings. The lowest BCUT2D eigenvalue weighted by Crippen LogP contribution is -2.06. The number of ether oxygens (including phenoxy) is 1. The van der Waals surface area contributed by atoms with Gasteiger partial charge in [0.2, 0.25) is 5.88 Å². The highest BCUT2D eigenvalue weighted by molar-refractivity contribution is 5.94. The molecule has 5 heteroatoms. The van der Waals surface area contributed by atoms with Gasteiger partial charge in [-0.2, -0.15) is 0 Å². The summed E-state index contributed by atoms with van der Waals surface area (Å²) in [6.45, 7) is 6.07. The van der Waals surface area contributed by atoms with Crippen LogP contribution in [0.15, 0.2) is 30.5 Å². The Morgan fingerprint density at radius 2 is 2.05 bits per heavy atom. The topological polar surface area (TPSA) is 85.4 Å². The number of pyridine rings is 1. The third kappa shape index (κ3) is 3.13. The molecule has 1 aromatic carbocycles. The van der Waals surface area contributed by atoms with Crippen molar-refractivity contribution in [3.63, 3.8) is 0 Å². The number of nitrogens with two attached hydrogens (primary N) is 1. The summed E-state index contributed by atoms with van der Waals surface area (Å²) in [5.74, 6) is -0.0771. The van der Waals surface area contributed by atoms with Crippen LogP contribution in [-0.4, -0.2) is 16.1 Å². The Kier molecular flexibility index (Phi) is 4.12. The Morgan fingerprint density at radius 1 is 1.33 bits per heavy atom. The molecule has 0 amide bonds. The van der Waals surface area contributed by atoms with Gasteiger partial charge >= 0.3 is 5.97 Å². The van der Waals surface area contributed by atoms with E-state index in [4.69, 9.17) is 15.6 Å². The van der Waals surface area contributed by atoms with Crippen molar-refractivity contribution >= 4 is 11.7 Å². The van der Waals surface area contributed by atoms with Crippen LogP contribution in [0.1, 0.15) is 41.3 Å². The Bertz CT molecular complexity index is 681. The molecule has 0 aliphatic heterocycles. The Balaban J connectivity index is 2.46. The van der Waals surface area contributed by atoms with Gasteiger partial charge in [-0.05, 0) is 36.1 Å². The molecular weight excluding hydrogens is 268 g/mol. The molecule has 0 aliphatic rings. The molecule has 0 atom stereocenters. The van der Waals surface area contributed by atoms with Crippen molar-refractivity contribution < 1.29 is 14.6 Å². The van der Waals surface area contributed by atoms with E-state index in [1.165, 1.54) is 12.3 Å². The molecule has 0 spiro atoms. The average Bonchev–Trinajstić information content (AvgIpc) is 2.40. The van der Waals surface area contributed by atoms with E-state index < -0.39 is 5.97 Å². The van der Waals surface area contributed by atoms with Crippen LogP contribution < -0.4 is 10.5 Å². The van der Waals surface area contributed by atoms with Gasteiger partial charge in [-0.15, -0.1) is 0 Å². The fourth-order valence-electron chi connectivity index (χ4n) is 2.03. The lowest BCUT2D eigenvalue weighted by molar-refractivity contribution is 0.0697. The minimum absolute atomic E-state index is 0.0150. The zero-order chi connectivity index (χ0) is 15.6. The Labute approximate surface area is 123 Å². The van der Waals surface area contributed by atoms with Gasteiger partial charge in [-0.3, -0.25) is 0 Å². The van der Waals surface area contributed by atoms with Crippen LogP contribution in [0.4, 0.5) is 5.69 Å². The first-order valence-electron chi connectivity index (χ1n) is 6.66. The molecule has 0 bridgehead atoms. The molecule has 5 nitrogen and oxygen atoms in total. The number of anilines is 1. The largest absolute Gasteiger partial charge is 0.478 e. The molecule has 0 saturated carbocycles. The number of carboxylic acids is 1. The van der Waals surface area contributed by atoms with E-state index in [2.05, 4.69) is 18.8 Å². The van der Waals surface area contributed by atoms with Gasteiger partial charge in [0, 0.05) is 6.20 Å². The first kappa shape index (κ1) is 14.8. The number of aryl methyl sites for hydroxylation is 1. The van der Waals surface area contributed by atoms with Crippen LogP contribution in [0.3, 0.4) is 0 Å². The maximum atomic E-state index is 11.1. The number of aromatic carboxylic acids is 1. The zero-order valence-electron chi connectivity index (χ0n) is 12.3. The third-order valence-corrected chi connectivity index (χ3v) is 3.18. The molecule has 21 heavy (non-hydrogen) atoms. The highest BCUT2D eigenvalue weighted by Crippen LogP contribution is 2.33. The molecule has 0 saturated heterocycles. The summed E-state index contributed by atoms with van der Waals surface area (Å²) in [6, 6.07) is 7.24. The molecule has 1 aromatic heterocycles. The van der Waals surface area contributed by atoms with E-state index in [1.54, 1.807) is 0 Å². The Hall–Kier alpha value is -2.56. The summed E-state index contributed by atoms with van der Waals surface area (Å²) < 4.78 is 5.77. The molecule has 0 aliphatic carbocycles. The van der Waals surface area contributed by atoms with Gasteiger partial charge in [-0.25, -0.2) is 9.78 Å². The summed E-state index contributed by atoms with van der Waals surface area (Å²) >= 11 is 0. The van der Waals surface area contributed by atoms with E-state index in [-0.39, 0.29) is 23.0 Å². The van der Waals surface area contributed by atoms with Crippen molar-refractivity contribution in [3.8, 4) is 11.6 Å². The molecular formula is C16H18N2O3. The van der Waals surface area contributed by atoms with Gasteiger partial charge in [0.1, 0.15) is 11.4 Å². The van der Waals surface area contributed by atoms with Crippen molar-refractivity contribution in [2.24, 2.45) is 0 Å². The number of benzene rings is 1. The summed E-state index contributed by atoms with van der Waals surface area (Å²) in [7, 11) is 0. The second-order valence-electron chi connectivity index (χ2n) is 5.18. The number of hydrogen-bond acceptors (Lipinski definition) is 4. The summed E-state index contributed by atoms with van der Waals surface area (Å²) in [6.07, 6.45) is 1.37. The second kappa shape index (κ2) is 5.83. The minimum Gasteiger partial charge on any atom is -0.478 e. The fraction of sp³-hybridized carbons (Fsp3) is 0.250. The van der Waals surface area contributed by atoms with Crippen molar-refractivity contribution in [2.45, 2.75) is 26.7 Å². The number of nitrogens with zero attached hydrogens (tertiary/aromatic N) is 1. The molecule has 3 N–H and O–H groups in total. The molecule has 2 rings (SSSR count). The van der Waals surface area contributed by atoms with E-state index in [0.29, 0.717) is 5.75 Å². The van der Waals surface area contributed by atoms with Crippen LogP contribution in [0.25, 0.3) is 0 Å². The van der Waals surface area contributed by atoms with E-state index in [1.807, 2.05) is 25.1 Å². The number of rotatable bonds is 4. The number of aromatic nitrogens is 1. The predicted octanol–water partition coefficient (Wildman–Crippen LogP) is 3.59. The second-order valence-corrected chi connectivity index (χ2v) is 5.18. The highest BCUT2D eigenvalue weighted by atomic mass is 16.5. The van der Waals surface area contributed by atoms with Crippen LogP contribution in [0, 0.1) is 6.92 Å². The highest BCUT2D eigenvalue weighted by Gasteiger charge is 2.16. The van der Waals surface area contributed by atoms with Crippen LogP contribution in [-0.2, 0) is 0 Å². The smallest absolute Gasteiger partial charge is 0.338 e. The molecule has 0 radical (unpaired) electrons. The van der Waals surface area contributed by atoms with Gasteiger partial charge < -0.3 is 15.6 Å². The van der Waals surface area contributed by atoms with Crippen molar-refractivity contribution in [2.75, 3.05) is 5.73 Å². The maximum Gasteiger partial charge on any atom is 0.338 e. The Morgan fingerprint density at radius 3 is 2.67 bits per heavy atom. The predicted molar refractivity (Wildman–Crippen MR) is 81.0 cm³/mol. The van der Waals surface area contributed by atoms with E-state index in [9.17, 15) is 4.79 Å². The van der Waals surface area contributed by atoms with E-state index in [0.717, 1.165) is 11.1 Å². The van der Waals surface area contributed by atoms with Gasteiger partial charge in [0.25, 0.3) is 0 Å². The normalized spacial score (nSPS) is 10.7. The zero-order valence-corrected chi connectivity index (χ0v) is 12.3. The average molecular weight is 286 g/mol. The summed E-state index contributed by atoms with van der Waals surface area (Å²) in [5.41, 5.74) is 7.90. The number of carboxylic acid groups (broad SMARTS) is 1. The van der Waals surface area contributed by atoms with Crippen LogP contribution >= 0.6 is 0 Å². The summed E-state index contributed by atoms with van der Waals surface area (Å²) in [5, 5.41) is 9.08. The number of carbonyl (C=O) groups is 1. The van der Waals surface area contributed by atoms with Crippen molar-refractivity contribution in [1.82, 2.24) is 4.98 Å². The number of hydrogen-bond donors (Lipinski definition) is 2. The fourth-order valence-corrected chi connectivity index (χ4v) is 2.03. The van der Waals surface area contributed by atoms with Crippen molar-refractivity contribution in [3.05, 3.63) is 47.2 Å². The molecule has 110 valence electrons. The first-order valence-corrected chi connectivity index (χ1v) is 6.66. The van der Waals surface area contributed by atoms with Gasteiger partial charge in [-0.1, -0.05) is 26.0 Å². The lowest BCUT2D eigenvalue weighted by Gasteiger charge is -2.15.